The molecule has 0 unspecified atom stereocenters. The van der Waals surface area contributed by atoms with Crippen LogP contribution in [0.3, 0.4) is 0 Å². The van der Waals surface area contributed by atoms with Crippen LogP contribution in [0.15, 0.2) is 24.3 Å². The van der Waals surface area contributed by atoms with Gasteiger partial charge >= 0.3 is 15.6 Å². The fraction of sp³-hybridized carbons (Fsp3) is 0.400. The number of halogens is 3. The van der Waals surface area contributed by atoms with E-state index < -0.39 is 21.4 Å². The quantitative estimate of drug-likeness (QED) is 0.524. The van der Waals surface area contributed by atoms with E-state index in [4.69, 9.17) is 9.84 Å². The van der Waals surface area contributed by atoms with E-state index in [2.05, 4.69) is 9.08 Å². The lowest BCUT2D eigenvalue weighted by Crippen LogP contribution is -2.35. The number of ether oxygens (including phenoxy) is 1. The van der Waals surface area contributed by atoms with Gasteiger partial charge in [-0.05, 0) is 60.3 Å². The van der Waals surface area contributed by atoms with Crippen LogP contribution in [0.25, 0.3) is 11.1 Å². The zero-order valence-electron chi connectivity index (χ0n) is 16.4. The maximum Gasteiger partial charge on any atom is 0.534 e. The highest BCUT2D eigenvalue weighted by Crippen LogP contribution is 2.52. The van der Waals surface area contributed by atoms with Gasteiger partial charge < -0.3 is 19.1 Å². The van der Waals surface area contributed by atoms with Gasteiger partial charge in [-0.2, -0.15) is 21.6 Å². The number of alkyl halides is 3. The van der Waals surface area contributed by atoms with Gasteiger partial charge in [-0.25, -0.2) is 0 Å². The third-order valence-electron chi connectivity index (χ3n) is 5.59. The Bertz CT molecular complexity index is 1130. The van der Waals surface area contributed by atoms with Crippen molar-refractivity contribution in [2.45, 2.75) is 24.4 Å². The van der Waals surface area contributed by atoms with Crippen molar-refractivity contribution in [2.24, 2.45) is 0 Å². The van der Waals surface area contributed by atoms with E-state index >= 15 is 0 Å². The minimum atomic E-state index is -5.83. The molecular weight excluding hydrogens is 439 g/mol. The Kier molecular flexibility index (Phi) is 5.31. The van der Waals surface area contributed by atoms with Crippen molar-refractivity contribution in [1.29, 1.82) is 0 Å². The number of benzene rings is 2. The Morgan fingerprint density at radius 1 is 1.23 bits per heavy atom. The van der Waals surface area contributed by atoms with E-state index in [0.717, 1.165) is 23.2 Å². The number of hydrogen-bond donors (Lipinski definition) is 2. The van der Waals surface area contributed by atoms with E-state index in [0.29, 0.717) is 24.0 Å². The van der Waals surface area contributed by atoms with Gasteiger partial charge in [0, 0.05) is 18.2 Å². The molecule has 1 atom stereocenters. The summed E-state index contributed by atoms with van der Waals surface area (Å²) in [4.78, 5) is 2.13. The van der Waals surface area contributed by atoms with E-state index in [1.807, 2.05) is 7.05 Å². The van der Waals surface area contributed by atoms with E-state index in [-0.39, 0.29) is 30.8 Å². The summed E-state index contributed by atoms with van der Waals surface area (Å²) in [5.74, 6) is -0.578. The summed E-state index contributed by atoms with van der Waals surface area (Å²) in [6, 6.07) is 5.51. The molecule has 168 valence electrons. The van der Waals surface area contributed by atoms with Crippen LogP contribution in [0.5, 0.6) is 17.2 Å². The maximum absolute atomic E-state index is 12.7. The van der Waals surface area contributed by atoms with Crippen molar-refractivity contribution in [3.05, 3.63) is 41.0 Å². The molecule has 11 heteroatoms. The van der Waals surface area contributed by atoms with Crippen LogP contribution in [-0.4, -0.2) is 55.8 Å². The number of likely N-dealkylation sites (N-methyl/N-ethyl adjacent to an activating group) is 1. The fourth-order valence-electron chi connectivity index (χ4n) is 4.17. The van der Waals surface area contributed by atoms with Gasteiger partial charge in [-0.15, -0.1) is 0 Å². The Hall–Kier alpha value is -2.50. The molecule has 0 radical (unpaired) electrons. The standard InChI is InChI=1S/C20H20F3NO6S/c1-24-5-4-12-9-16(29-7-6-25)19(26)18-14-10-13(30-31(27,28)20(21,22)23)3-2-11(14)8-15(24)17(12)18/h2-3,9-10,15,25-26H,4-8H2,1H3/t15-/m1/s1. The smallest absolute Gasteiger partial charge is 0.504 e. The largest absolute Gasteiger partial charge is 0.534 e. The minimum absolute atomic E-state index is 0.0467. The first-order chi connectivity index (χ1) is 14.5. The summed E-state index contributed by atoms with van der Waals surface area (Å²) in [6.45, 7) is 0.456. The van der Waals surface area contributed by atoms with Crippen LogP contribution in [0.1, 0.15) is 22.7 Å². The summed E-state index contributed by atoms with van der Waals surface area (Å²) >= 11 is 0. The lowest BCUT2D eigenvalue weighted by atomic mass is 9.76. The van der Waals surface area contributed by atoms with Crippen LogP contribution >= 0.6 is 0 Å². The number of hydrogen-bond acceptors (Lipinski definition) is 7. The average molecular weight is 459 g/mol. The molecule has 4 rings (SSSR count). The number of fused-ring (bicyclic) bond motifs is 2. The molecule has 31 heavy (non-hydrogen) atoms. The second-order valence-electron chi connectivity index (χ2n) is 7.50. The van der Waals surface area contributed by atoms with Crippen molar-refractivity contribution < 1.29 is 40.7 Å². The van der Waals surface area contributed by atoms with Gasteiger partial charge in [0.1, 0.15) is 12.4 Å². The van der Waals surface area contributed by atoms with Crippen LogP contribution in [-0.2, 0) is 23.0 Å². The Labute approximate surface area is 176 Å². The summed E-state index contributed by atoms with van der Waals surface area (Å²) in [6.07, 6.45) is 1.20. The molecule has 1 heterocycles. The topological polar surface area (TPSA) is 96.3 Å². The lowest BCUT2D eigenvalue weighted by molar-refractivity contribution is -0.0500. The third-order valence-corrected chi connectivity index (χ3v) is 6.57. The Morgan fingerprint density at radius 3 is 2.65 bits per heavy atom. The number of nitrogens with zero attached hydrogens (tertiary/aromatic N) is 1. The first kappa shape index (κ1) is 21.7. The maximum atomic E-state index is 12.7. The molecule has 0 aromatic heterocycles. The lowest BCUT2D eigenvalue weighted by Gasteiger charge is -2.40. The van der Waals surface area contributed by atoms with E-state index in [9.17, 15) is 26.7 Å². The van der Waals surface area contributed by atoms with Crippen molar-refractivity contribution in [2.75, 3.05) is 26.8 Å². The summed E-state index contributed by atoms with van der Waals surface area (Å²) in [7, 11) is -3.88. The molecule has 0 saturated carbocycles. The van der Waals surface area contributed by atoms with Gasteiger partial charge in [0.05, 0.1) is 6.61 Å². The van der Waals surface area contributed by atoms with Gasteiger partial charge in [0.25, 0.3) is 0 Å². The summed E-state index contributed by atoms with van der Waals surface area (Å²) in [5, 5.41) is 20.0. The second kappa shape index (κ2) is 7.57. The van der Waals surface area contributed by atoms with E-state index in [1.165, 1.54) is 18.2 Å². The van der Waals surface area contributed by atoms with Crippen LogP contribution in [0.2, 0.25) is 0 Å². The predicted molar refractivity (Wildman–Crippen MR) is 105 cm³/mol. The monoisotopic (exact) mass is 459 g/mol. The number of phenols is 1. The zero-order valence-corrected chi connectivity index (χ0v) is 17.3. The fourth-order valence-corrected chi connectivity index (χ4v) is 4.62. The number of aliphatic hydroxyl groups is 1. The molecule has 2 aromatic rings. The molecule has 0 fully saturated rings. The zero-order chi connectivity index (χ0) is 22.6. The number of aliphatic hydroxyl groups excluding tert-OH is 1. The Morgan fingerprint density at radius 2 is 1.97 bits per heavy atom. The van der Waals surface area contributed by atoms with Crippen LogP contribution in [0.4, 0.5) is 13.2 Å². The highest BCUT2D eigenvalue weighted by Gasteiger charge is 2.48. The van der Waals surface area contributed by atoms with Crippen molar-refractivity contribution in [3.63, 3.8) is 0 Å². The predicted octanol–water partition coefficient (Wildman–Crippen LogP) is 2.74. The van der Waals surface area contributed by atoms with Crippen molar-refractivity contribution >= 4 is 10.1 Å². The molecule has 7 nitrogen and oxygen atoms in total. The van der Waals surface area contributed by atoms with Crippen molar-refractivity contribution in [1.82, 2.24) is 4.90 Å². The van der Waals surface area contributed by atoms with Crippen molar-refractivity contribution in [3.8, 4) is 28.4 Å². The highest BCUT2D eigenvalue weighted by atomic mass is 32.2. The summed E-state index contributed by atoms with van der Waals surface area (Å²) < 4.78 is 70.8. The molecule has 2 N–H and O–H groups in total. The number of phenolic OH excluding ortho intramolecular Hbond substituents is 1. The van der Waals surface area contributed by atoms with Gasteiger partial charge in [-0.1, -0.05) is 6.07 Å². The molecule has 2 aromatic carbocycles. The molecule has 0 amide bonds. The van der Waals surface area contributed by atoms with Gasteiger partial charge in [-0.3, -0.25) is 4.90 Å². The number of aromatic hydroxyl groups is 1. The average Bonchev–Trinajstić information content (AvgIpc) is 2.69. The molecular formula is C20H20F3NO6S. The molecule has 1 aliphatic heterocycles. The Balaban J connectivity index is 1.87. The van der Waals surface area contributed by atoms with E-state index in [1.54, 1.807) is 6.07 Å². The SMILES string of the molecule is CN1CCc2cc(OCCO)c(O)c3c2[C@H]1Cc1ccc(OS(=O)(=O)C(F)(F)F)cc1-3. The minimum Gasteiger partial charge on any atom is -0.504 e. The molecule has 1 aliphatic carbocycles. The molecule has 0 spiro atoms. The normalized spacial score (nSPS) is 18.3. The summed E-state index contributed by atoms with van der Waals surface area (Å²) in [5.41, 5.74) is -2.34. The van der Waals surface area contributed by atoms with Crippen LogP contribution < -0.4 is 8.92 Å². The third kappa shape index (κ3) is 3.70. The second-order valence-corrected chi connectivity index (χ2v) is 9.03. The molecule has 0 bridgehead atoms. The first-order valence-electron chi connectivity index (χ1n) is 9.50. The highest BCUT2D eigenvalue weighted by molar-refractivity contribution is 7.88. The van der Waals surface area contributed by atoms with Gasteiger partial charge in [0.15, 0.2) is 11.5 Å². The van der Waals surface area contributed by atoms with Crippen LogP contribution in [0, 0.1) is 0 Å². The first-order valence-corrected chi connectivity index (χ1v) is 10.9. The number of rotatable bonds is 5. The molecule has 0 saturated heterocycles. The molecule has 2 aliphatic rings. The van der Waals surface area contributed by atoms with Gasteiger partial charge in [0.2, 0.25) is 0 Å².